The molecule has 6 heteroatoms. The lowest BCUT2D eigenvalue weighted by atomic mass is 9.96. The van der Waals surface area contributed by atoms with Crippen molar-refractivity contribution < 1.29 is 9.32 Å². The first-order valence-electron chi connectivity index (χ1n) is 8.12. The number of aryl methyl sites for hydroxylation is 2. The monoisotopic (exact) mass is 300 g/mol. The first-order valence-corrected chi connectivity index (χ1v) is 8.12. The van der Waals surface area contributed by atoms with Gasteiger partial charge < -0.3 is 9.84 Å². The molecule has 2 aromatic rings. The topological polar surface area (TPSA) is 73.0 Å². The van der Waals surface area contributed by atoms with Gasteiger partial charge in [0, 0.05) is 36.3 Å². The van der Waals surface area contributed by atoms with Gasteiger partial charge in [-0.2, -0.15) is 5.10 Å². The van der Waals surface area contributed by atoms with Gasteiger partial charge in [0.15, 0.2) is 5.69 Å². The molecule has 22 heavy (non-hydrogen) atoms. The van der Waals surface area contributed by atoms with Crippen molar-refractivity contribution in [2.24, 2.45) is 0 Å². The Balaban J connectivity index is 1.47. The standard InChI is InChI=1S/C16H20N4O2/c21-16(15-12-5-1-2-7-14(12)22-19-15)17-9-11-10-18-20-8-4-3-6-13(11)20/h10H,1-9H2,(H,17,21). The van der Waals surface area contributed by atoms with Crippen molar-refractivity contribution in [2.45, 2.75) is 58.0 Å². The quantitative estimate of drug-likeness (QED) is 0.941. The third-order valence-electron chi connectivity index (χ3n) is 4.67. The molecule has 1 aliphatic heterocycles. The van der Waals surface area contributed by atoms with Crippen molar-refractivity contribution >= 4 is 5.91 Å². The number of nitrogens with zero attached hydrogens (tertiary/aromatic N) is 3. The number of amides is 1. The van der Waals surface area contributed by atoms with Gasteiger partial charge in [-0.05, 0) is 38.5 Å². The minimum Gasteiger partial charge on any atom is -0.360 e. The molecule has 0 fully saturated rings. The van der Waals surface area contributed by atoms with Crippen LogP contribution in [0.5, 0.6) is 0 Å². The van der Waals surface area contributed by atoms with E-state index in [4.69, 9.17) is 4.52 Å². The molecule has 0 atom stereocenters. The summed E-state index contributed by atoms with van der Waals surface area (Å²) in [5, 5.41) is 11.3. The highest BCUT2D eigenvalue weighted by molar-refractivity contribution is 5.93. The number of aromatic nitrogens is 3. The van der Waals surface area contributed by atoms with Crippen LogP contribution in [-0.4, -0.2) is 20.8 Å². The van der Waals surface area contributed by atoms with Crippen LogP contribution in [0.15, 0.2) is 10.7 Å². The lowest BCUT2D eigenvalue weighted by Crippen LogP contribution is -2.25. The predicted molar refractivity (Wildman–Crippen MR) is 79.5 cm³/mol. The van der Waals surface area contributed by atoms with Gasteiger partial charge in [-0.1, -0.05) is 5.16 Å². The maximum Gasteiger partial charge on any atom is 0.274 e. The van der Waals surface area contributed by atoms with Crippen LogP contribution in [0.1, 0.15) is 58.8 Å². The largest absolute Gasteiger partial charge is 0.360 e. The Morgan fingerprint density at radius 2 is 2.09 bits per heavy atom. The van der Waals surface area contributed by atoms with E-state index in [-0.39, 0.29) is 5.91 Å². The molecular weight excluding hydrogens is 280 g/mol. The fourth-order valence-electron chi connectivity index (χ4n) is 3.46. The Morgan fingerprint density at radius 3 is 3.05 bits per heavy atom. The summed E-state index contributed by atoms with van der Waals surface area (Å²) >= 11 is 0. The Kier molecular flexibility index (Phi) is 3.44. The van der Waals surface area contributed by atoms with E-state index in [1.165, 1.54) is 18.5 Å². The van der Waals surface area contributed by atoms with Crippen LogP contribution in [0.25, 0.3) is 0 Å². The summed E-state index contributed by atoms with van der Waals surface area (Å²) < 4.78 is 7.37. The number of rotatable bonds is 3. The number of nitrogens with one attached hydrogen (secondary N) is 1. The van der Waals surface area contributed by atoms with Gasteiger partial charge >= 0.3 is 0 Å². The van der Waals surface area contributed by atoms with Gasteiger partial charge in [0.25, 0.3) is 5.91 Å². The van der Waals surface area contributed by atoms with E-state index in [0.717, 1.165) is 55.5 Å². The minimum absolute atomic E-state index is 0.136. The lowest BCUT2D eigenvalue weighted by Gasteiger charge is -2.15. The van der Waals surface area contributed by atoms with Crippen molar-refractivity contribution in [1.29, 1.82) is 0 Å². The fraction of sp³-hybridized carbons (Fsp3) is 0.562. The highest BCUT2D eigenvalue weighted by Gasteiger charge is 2.24. The van der Waals surface area contributed by atoms with E-state index in [1.807, 2.05) is 6.20 Å². The molecule has 0 saturated heterocycles. The van der Waals surface area contributed by atoms with Gasteiger partial charge in [-0.25, -0.2) is 0 Å². The molecular formula is C16H20N4O2. The second kappa shape index (κ2) is 5.59. The summed E-state index contributed by atoms with van der Waals surface area (Å²) in [5.41, 5.74) is 3.84. The zero-order chi connectivity index (χ0) is 14.9. The molecule has 0 spiro atoms. The second-order valence-corrected chi connectivity index (χ2v) is 6.12. The summed E-state index contributed by atoms with van der Waals surface area (Å²) in [5.74, 6) is 0.752. The Bertz CT molecular complexity index is 701. The van der Waals surface area contributed by atoms with Gasteiger partial charge in [0.2, 0.25) is 0 Å². The molecule has 2 aromatic heterocycles. The van der Waals surface area contributed by atoms with E-state index < -0.39 is 0 Å². The summed E-state index contributed by atoms with van der Waals surface area (Å²) in [6.45, 7) is 1.50. The molecule has 0 unspecified atom stereocenters. The van der Waals surface area contributed by atoms with E-state index in [9.17, 15) is 4.79 Å². The maximum absolute atomic E-state index is 12.4. The number of hydrogen-bond acceptors (Lipinski definition) is 4. The highest BCUT2D eigenvalue weighted by Crippen LogP contribution is 2.24. The number of fused-ring (bicyclic) bond motifs is 2. The first kappa shape index (κ1) is 13.5. The average molecular weight is 300 g/mol. The van der Waals surface area contributed by atoms with Gasteiger partial charge in [0.1, 0.15) is 5.76 Å². The summed E-state index contributed by atoms with van der Waals surface area (Å²) in [4.78, 5) is 12.4. The van der Waals surface area contributed by atoms with Crippen molar-refractivity contribution in [2.75, 3.05) is 0 Å². The third-order valence-corrected chi connectivity index (χ3v) is 4.67. The second-order valence-electron chi connectivity index (χ2n) is 6.12. The molecule has 116 valence electrons. The number of carbonyl (C=O) groups is 1. The molecule has 0 bridgehead atoms. The van der Waals surface area contributed by atoms with Crippen molar-refractivity contribution in [3.8, 4) is 0 Å². The van der Waals surface area contributed by atoms with Crippen LogP contribution in [0.4, 0.5) is 0 Å². The Morgan fingerprint density at radius 1 is 1.23 bits per heavy atom. The number of carbonyl (C=O) groups excluding carboxylic acids is 1. The van der Waals surface area contributed by atoms with E-state index in [2.05, 4.69) is 20.3 Å². The van der Waals surface area contributed by atoms with Crippen molar-refractivity contribution in [1.82, 2.24) is 20.3 Å². The van der Waals surface area contributed by atoms with E-state index in [1.54, 1.807) is 0 Å². The van der Waals surface area contributed by atoms with E-state index in [0.29, 0.717) is 12.2 Å². The fourth-order valence-corrected chi connectivity index (χ4v) is 3.46. The zero-order valence-corrected chi connectivity index (χ0v) is 12.6. The van der Waals surface area contributed by atoms with Crippen LogP contribution < -0.4 is 5.32 Å². The van der Waals surface area contributed by atoms with Crippen LogP contribution in [0.2, 0.25) is 0 Å². The lowest BCUT2D eigenvalue weighted by molar-refractivity contribution is 0.0941. The van der Waals surface area contributed by atoms with E-state index >= 15 is 0 Å². The molecule has 0 radical (unpaired) electrons. The Labute approximate surface area is 128 Å². The van der Waals surface area contributed by atoms with Gasteiger partial charge in [-0.15, -0.1) is 0 Å². The smallest absolute Gasteiger partial charge is 0.274 e. The summed E-state index contributed by atoms with van der Waals surface area (Å²) in [6, 6.07) is 0. The van der Waals surface area contributed by atoms with Crippen LogP contribution in [0, 0.1) is 0 Å². The molecule has 4 rings (SSSR count). The minimum atomic E-state index is -0.136. The van der Waals surface area contributed by atoms with Gasteiger partial charge in [-0.3, -0.25) is 9.48 Å². The summed E-state index contributed by atoms with van der Waals surface area (Å²) in [6.07, 6.45) is 9.31. The zero-order valence-electron chi connectivity index (χ0n) is 12.6. The maximum atomic E-state index is 12.4. The van der Waals surface area contributed by atoms with Crippen LogP contribution >= 0.6 is 0 Å². The molecule has 1 N–H and O–H groups in total. The molecule has 1 amide bonds. The van der Waals surface area contributed by atoms with Gasteiger partial charge in [0.05, 0.1) is 6.20 Å². The SMILES string of the molecule is O=C(NCc1cnn2c1CCCC2)c1noc2c1CCCC2. The molecule has 3 heterocycles. The summed E-state index contributed by atoms with van der Waals surface area (Å²) in [7, 11) is 0. The predicted octanol–water partition coefficient (Wildman–Crippen LogP) is 2.02. The molecule has 1 aliphatic carbocycles. The molecule has 0 saturated carbocycles. The van der Waals surface area contributed by atoms with Crippen LogP contribution in [0.3, 0.4) is 0 Å². The first-order chi connectivity index (χ1) is 10.8. The molecule has 6 nitrogen and oxygen atoms in total. The third kappa shape index (κ3) is 2.32. The molecule has 0 aromatic carbocycles. The number of hydrogen-bond donors (Lipinski definition) is 1. The van der Waals surface area contributed by atoms with Crippen LogP contribution in [-0.2, 0) is 32.4 Å². The normalized spacial score (nSPS) is 16.9. The van der Waals surface area contributed by atoms with Crippen molar-refractivity contribution in [3.05, 3.63) is 34.5 Å². The average Bonchev–Trinajstić information content (AvgIpc) is 3.17. The highest BCUT2D eigenvalue weighted by atomic mass is 16.5. The molecule has 2 aliphatic rings. The van der Waals surface area contributed by atoms with Crippen molar-refractivity contribution in [3.63, 3.8) is 0 Å². The Hall–Kier alpha value is -2.11.